The van der Waals surface area contributed by atoms with Gasteiger partial charge in [0.05, 0.1) is 0 Å². The van der Waals surface area contributed by atoms with Crippen molar-refractivity contribution in [1.82, 2.24) is 24.9 Å². The van der Waals surface area contributed by atoms with Crippen molar-refractivity contribution in [3.63, 3.8) is 0 Å². The molecule has 5 nitrogen and oxygen atoms in total. The van der Waals surface area contributed by atoms with Gasteiger partial charge in [0.25, 0.3) is 0 Å². The Kier molecular flexibility index (Phi) is 46.5. The third kappa shape index (κ3) is 32.3. The zero-order valence-electron chi connectivity index (χ0n) is 73.2. The summed E-state index contributed by atoms with van der Waals surface area (Å²) in [5.74, 6) is 0.612. The topological polar surface area (TPSA) is 64.5 Å². The Balaban J connectivity index is 0.000000236. The van der Waals surface area contributed by atoms with E-state index in [0.29, 0.717) is 5.92 Å². The Bertz CT molecular complexity index is 5540. The molecule has 1 unspecified atom stereocenters. The summed E-state index contributed by atoms with van der Waals surface area (Å²) in [7, 11) is 0. The van der Waals surface area contributed by atoms with Crippen molar-refractivity contribution in [3.8, 4) is 112 Å². The molecule has 10 aromatic carbocycles. The molecule has 0 spiro atoms. The van der Waals surface area contributed by atoms with E-state index in [9.17, 15) is 0 Å². The van der Waals surface area contributed by atoms with Crippen LogP contribution in [0.4, 0.5) is 0 Å². The van der Waals surface area contributed by atoms with Crippen LogP contribution in [0.5, 0.6) is 0 Å². The van der Waals surface area contributed by atoms with E-state index in [0.717, 1.165) is 82.0 Å². The summed E-state index contributed by atoms with van der Waals surface area (Å²) in [4.78, 5) is 22.8. The monoisotopic (exact) mass is 2510 g/mol. The molecule has 15 rings (SSSR count). The molecule has 0 aliphatic carbocycles. The standard InChI is InChI=1S/C24H26N.C23H24N.3C22H22N.5Ir/c1-3-4-5-6-10-20-14-15-24(25-18-20)23-13-8-12-22(17-23)21-11-7-9-19(2)16-21;1-3-4-5-7-19-12-15-23(24-17-19)22-9-6-8-21(16-22)20-13-10-18(2)11-14-20;1-4-17(3)18-9-11-19(12-10-18)20-6-5-7-21(14-20)22-13-8-16(2)15-23-22;1-3-4-9-18-10-5-11-19(15-18)20-12-6-13-21(16-20)22-17(2)8-7-14-23-22;1-3-4-8-18-9-5-6-12-21(18)19-10-7-11-20(15-19)22-14-13-17(2)16-23-22;;;;;/h7-9,11-12,14-18H,3-6,10H2,1-2H3;6,8,10-17H,3-5,7H2,1-2H3;5-6,8-15,17H,4H2,1-3H3;5-8,10-12,14-16H,3-4,9H2,1-2H3;5-7,9-10,12-16H,3-4,8H2,1-2H3;;;;;/q5*-1;;;;;. The predicted octanol–water partition coefficient (Wildman–Crippen LogP) is 30.7. The average molecular weight is 2510 g/mol. The van der Waals surface area contributed by atoms with Crippen LogP contribution in [0, 0.1) is 65.0 Å². The Morgan fingerprint density at radius 2 is 0.683 bits per heavy atom. The van der Waals surface area contributed by atoms with Gasteiger partial charge in [0, 0.05) is 132 Å². The van der Waals surface area contributed by atoms with Gasteiger partial charge in [0.15, 0.2) is 0 Å². The largest absolute Gasteiger partial charge is 0.304 e. The summed E-state index contributed by atoms with van der Waals surface area (Å²) in [5, 5.41) is 0. The van der Waals surface area contributed by atoms with Gasteiger partial charge in [-0.1, -0.05) is 279 Å². The molecule has 15 aromatic rings. The molecule has 5 heterocycles. The van der Waals surface area contributed by atoms with Crippen molar-refractivity contribution in [2.75, 3.05) is 0 Å². The molecule has 0 N–H and O–H groups in total. The summed E-state index contributed by atoms with van der Waals surface area (Å²) in [5.41, 5.74) is 35.5. The maximum Gasteiger partial charge on any atom is 0.0192 e. The van der Waals surface area contributed by atoms with Gasteiger partial charge < -0.3 is 24.9 Å². The molecule has 5 aromatic heterocycles. The van der Waals surface area contributed by atoms with Gasteiger partial charge in [-0.25, -0.2) is 0 Å². The first-order valence-electron chi connectivity index (χ1n) is 42.9. The van der Waals surface area contributed by atoms with Crippen molar-refractivity contribution < 1.29 is 101 Å². The number of pyridine rings is 5. The molecule has 0 saturated heterocycles. The van der Waals surface area contributed by atoms with Gasteiger partial charge in [-0.2, -0.15) is 0 Å². The fourth-order valence-corrected chi connectivity index (χ4v) is 14.3. The van der Waals surface area contributed by atoms with E-state index in [1.165, 1.54) is 188 Å². The molecule has 10 heteroatoms. The van der Waals surface area contributed by atoms with Crippen LogP contribution in [-0.4, -0.2) is 24.9 Å². The van der Waals surface area contributed by atoms with Gasteiger partial charge in [-0.05, 0) is 200 Å². The van der Waals surface area contributed by atoms with Gasteiger partial charge in [0.1, 0.15) is 0 Å². The number of aryl methyl sites for hydroxylation is 9. The van der Waals surface area contributed by atoms with Gasteiger partial charge >= 0.3 is 0 Å². The minimum Gasteiger partial charge on any atom is -0.304 e. The van der Waals surface area contributed by atoms with Crippen molar-refractivity contribution in [2.24, 2.45) is 0 Å². The van der Waals surface area contributed by atoms with Crippen LogP contribution >= 0.6 is 0 Å². The van der Waals surface area contributed by atoms with Crippen molar-refractivity contribution in [3.05, 3.63) is 390 Å². The first kappa shape index (κ1) is 103. The molecule has 0 fully saturated rings. The third-order valence-electron chi connectivity index (χ3n) is 21.6. The van der Waals surface area contributed by atoms with Crippen LogP contribution in [-0.2, 0) is 126 Å². The third-order valence-corrected chi connectivity index (χ3v) is 21.6. The predicted molar refractivity (Wildman–Crippen MR) is 500 cm³/mol. The number of benzene rings is 10. The van der Waals surface area contributed by atoms with E-state index in [-0.39, 0.29) is 101 Å². The first-order chi connectivity index (χ1) is 57.7. The van der Waals surface area contributed by atoms with Crippen LogP contribution in [0.3, 0.4) is 0 Å². The second-order valence-electron chi connectivity index (χ2n) is 31.2. The van der Waals surface area contributed by atoms with Crippen molar-refractivity contribution in [1.29, 1.82) is 0 Å². The van der Waals surface area contributed by atoms with Gasteiger partial charge in [-0.3, -0.25) is 0 Å². The Morgan fingerprint density at radius 1 is 0.276 bits per heavy atom. The smallest absolute Gasteiger partial charge is 0.0192 e. The molecule has 0 aliphatic rings. The van der Waals surface area contributed by atoms with E-state index in [2.05, 4.69) is 368 Å². The average Bonchev–Trinajstić information content (AvgIpc) is 0.837. The molecule has 0 aliphatic heterocycles. The molecular weight excluding hydrogens is 2390 g/mol. The van der Waals surface area contributed by atoms with Gasteiger partial charge in [-0.15, -0.1) is 177 Å². The summed E-state index contributed by atoms with van der Waals surface area (Å²) in [6.45, 7) is 23.9. The Labute approximate surface area is 804 Å². The minimum atomic E-state index is 0. The molecule has 5 radical (unpaired) electrons. The van der Waals surface area contributed by atoms with Crippen LogP contribution in [0.15, 0.2) is 304 Å². The molecule has 0 amide bonds. The fourth-order valence-electron chi connectivity index (χ4n) is 14.3. The summed E-state index contributed by atoms with van der Waals surface area (Å²) in [6, 6.07) is 113. The maximum absolute atomic E-state index is 4.67. The maximum atomic E-state index is 4.67. The molecule has 0 bridgehead atoms. The first-order valence-corrected chi connectivity index (χ1v) is 42.9. The normalized spacial score (nSPS) is 10.6. The van der Waals surface area contributed by atoms with E-state index >= 15 is 0 Å². The zero-order chi connectivity index (χ0) is 82.6. The molecular formula is C113H116Ir5N5-5. The van der Waals surface area contributed by atoms with Crippen LogP contribution < -0.4 is 0 Å². The number of rotatable bonds is 27. The number of unbranched alkanes of at least 4 members (excludes halogenated alkanes) is 7. The number of aromatic nitrogens is 5. The van der Waals surface area contributed by atoms with Crippen molar-refractivity contribution >= 4 is 0 Å². The summed E-state index contributed by atoms with van der Waals surface area (Å²) < 4.78 is 0. The molecule has 1 atom stereocenters. The van der Waals surface area contributed by atoms with Crippen LogP contribution in [0.25, 0.3) is 112 Å². The van der Waals surface area contributed by atoms with E-state index in [1.54, 1.807) is 0 Å². The second kappa shape index (κ2) is 55.5. The van der Waals surface area contributed by atoms with Gasteiger partial charge in [0.2, 0.25) is 0 Å². The molecule has 123 heavy (non-hydrogen) atoms. The van der Waals surface area contributed by atoms with Crippen LogP contribution in [0.1, 0.15) is 180 Å². The fraction of sp³-hybridized carbons (Fsp3) is 0.248. The molecule has 0 saturated carbocycles. The van der Waals surface area contributed by atoms with E-state index in [1.807, 2.05) is 67.4 Å². The second-order valence-corrected chi connectivity index (χ2v) is 31.2. The summed E-state index contributed by atoms with van der Waals surface area (Å²) >= 11 is 0. The number of hydrogen-bond donors (Lipinski definition) is 0. The van der Waals surface area contributed by atoms with E-state index < -0.39 is 0 Å². The van der Waals surface area contributed by atoms with Crippen molar-refractivity contribution in [2.45, 2.75) is 185 Å². The Hall–Kier alpha value is -8.80. The van der Waals surface area contributed by atoms with Crippen LogP contribution in [0.2, 0.25) is 0 Å². The minimum absolute atomic E-state index is 0. The zero-order valence-corrected chi connectivity index (χ0v) is 85.1. The Morgan fingerprint density at radius 3 is 1.16 bits per heavy atom. The number of nitrogens with zero attached hydrogens (tertiary/aromatic N) is 5. The number of hydrogen-bond acceptors (Lipinski definition) is 5. The quantitative estimate of drug-likeness (QED) is 0.0379. The molecule has 643 valence electrons. The summed E-state index contributed by atoms with van der Waals surface area (Å²) in [6.07, 6.45) is 29.2. The van der Waals surface area contributed by atoms with E-state index in [4.69, 9.17) is 0 Å². The SMILES string of the molecule is CCC(C)c1ccc(-c2cc[c-]c(-c3ccc(C)cn3)c2)cc1.CCCCCCc1ccc(-c2[c-]ccc(-c3cccc(C)c3)c2)nc1.CCCCCc1ccc(-c2[c-]ccc(-c3ccc(C)cc3)c2)nc1.CCCCc1cccc(-c2cc[c-]c(-c3ncccc3C)c2)c1.CCCCc1ccccc1-c1cc[c-]c(-c2ccc(C)cn2)c1.[Ir].[Ir].[Ir].[Ir].[Ir].